The molecule has 36 heavy (non-hydrogen) atoms. The fraction of sp³-hybridized carbons (Fsp3) is 0.636. The van der Waals surface area contributed by atoms with E-state index in [0.717, 1.165) is 12.0 Å². The molecule has 4 heterocycles. The molecule has 3 fully saturated rings. The summed E-state index contributed by atoms with van der Waals surface area (Å²) in [5, 5.41) is 14.6. The molecule has 4 N–H and O–H groups in total. The van der Waals surface area contributed by atoms with Crippen LogP contribution in [0.25, 0.3) is 5.65 Å². The molecule has 1 unspecified atom stereocenters. The van der Waals surface area contributed by atoms with Gasteiger partial charge in [0.1, 0.15) is 0 Å². The zero-order valence-corrected chi connectivity index (χ0v) is 19.1. The van der Waals surface area contributed by atoms with E-state index < -0.39 is 18.1 Å². The van der Waals surface area contributed by atoms with Crippen molar-refractivity contribution in [1.29, 1.82) is 0 Å². The number of carbonyl (C=O) groups excluding carboxylic acids is 1. The number of ether oxygens (including phenoxy) is 1. The lowest BCUT2D eigenvalue weighted by Gasteiger charge is -2.37. The molecule has 0 aromatic carbocycles. The van der Waals surface area contributed by atoms with E-state index in [1.807, 2.05) is 6.07 Å². The zero-order valence-electron chi connectivity index (χ0n) is 19.1. The minimum Gasteiger partial charge on any atom is -0.475 e. The third kappa shape index (κ3) is 5.75. The second kappa shape index (κ2) is 9.54. The first-order valence-corrected chi connectivity index (χ1v) is 11.4. The monoisotopic (exact) mass is 519 g/mol. The maximum absolute atomic E-state index is 13.4. The van der Waals surface area contributed by atoms with Crippen LogP contribution in [-0.2, 0) is 20.7 Å². The van der Waals surface area contributed by atoms with Gasteiger partial charge in [-0.2, -0.15) is 18.3 Å². The Morgan fingerprint density at radius 3 is 2.47 bits per heavy atom. The maximum Gasteiger partial charge on any atom is 0.490 e. The van der Waals surface area contributed by atoms with Crippen LogP contribution in [0.2, 0.25) is 0 Å². The molecular weight excluding hydrogens is 493 g/mol. The number of amides is 1. The van der Waals surface area contributed by atoms with E-state index in [1.165, 1.54) is 0 Å². The van der Waals surface area contributed by atoms with Crippen LogP contribution in [0, 0.1) is 11.8 Å². The summed E-state index contributed by atoms with van der Waals surface area (Å²) >= 11 is 0. The number of rotatable bonds is 4. The van der Waals surface area contributed by atoms with Gasteiger partial charge in [-0.1, -0.05) is 0 Å². The molecule has 2 aromatic rings. The van der Waals surface area contributed by atoms with Crippen molar-refractivity contribution in [2.75, 3.05) is 13.2 Å². The highest BCUT2D eigenvalue weighted by Gasteiger charge is 2.49. The zero-order chi connectivity index (χ0) is 26.3. The molecule has 1 spiro atoms. The topological polar surface area (TPSA) is 132 Å². The Hall–Kier alpha value is -2.87. The summed E-state index contributed by atoms with van der Waals surface area (Å²) in [5.74, 6) is -5.35. The molecular formula is C22H26F5N5O4. The predicted octanol–water partition coefficient (Wildman–Crippen LogP) is 2.64. The summed E-state index contributed by atoms with van der Waals surface area (Å²) in [6.45, 7) is 1.17. The molecule has 0 radical (unpaired) electrons. The molecule has 2 aliphatic heterocycles. The highest BCUT2D eigenvalue weighted by molar-refractivity contribution is 5.82. The number of carboxylic acid groups (broad SMARTS) is 1. The van der Waals surface area contributed by atoms with Gasteiger partial charge in [0.25, 0.3) is 0 Å². The molecule has 1 aliphatic carbocycles. The number of alkyl halides is 5. The number of hydrogen-bond acceptors (Lipinski definition) is 6. The smallest absolute Gasteiger partial charge is 0.475 e. The number of imidazole rings is 1. The molecule has 3 aliphatic rings. The van der Waals surface area contributed by atoms with Gasteiger partial charge in [0.15, 0.2) is 5.65 Å². The Balaban J connectivity index is 0.000000384. The van der Waals surface area contributed by atoms with Gasteiger partial charge in [-0.05, 0) is 43.2 Å². The van der Waals surface area contributed by atoms with Crippen LogP contribution in [0.15, 0.2) is 18.5 Å². The molecule has 1 saturated carbocycles. The number of nitrogens with two attached hydrogens (primary N) is 1. The Bertz CT molecular complexity index is 1120. The Labute approximate surface area is 202 Å². The lowest BCUT2D eigenvalue weighted by Crippen LogP contribution is -2.57. The molecule has 1 amide bonds. The number of aromatic nitrogens is 3. The highest BCUT2D eigenvalue weighted by Crippen LogP contribution is 2.40. The van der Waals surface area contributed by atoms with Crippen LogP contribution >= 0.6 is 0 Å². The quantitative estimate of drug-likeness (QED) is 0.529. The third-order valence-electron chi connectivity index (χ3n) is 6.88. The first-order chi connectivity index (χ1) is 16.8. The summed E-state index contributed by atoms with van der Waals surface area (Å²) < 4.78 is 65.5. The van der Waals surface area contributed by atoms with Gasteiger partial charge in [0.05, 0.1) is 42.9 Å². The van der Waals surface area contributed by atoms with E-state index in [0.29, 0.717) is 43.8 Å². The third-order valence-corrected chi connectivity index (χ3v) is 6.88. The van der Waals surface area contributed by atoms with E-state index in [2.05, 4.69) is 15.4 Å². The van der Waals surface area contributed by atoms with Crippen molar-refractivity contribution in [3.63, 3.8) is 0 Å². The first kappa shape index (κ1) is 26.2. The number of halogens is 5. The minimum atomic E-state index is -5.08. The number of carbonyl (C=O) groups is 2. The van der Waals surface area contributed by atoms with Crippen molar-refractivity contribution in [2.45, 2.75) is 62.2 Å². The van der Waals surface area contributed by atoms with E-state index in [-0.39, 0.29) is 42.2 Å². The fourth-order valence-electron chi connectivity index (χ4n) is 4.84. The SMILES string of the molecule is N[C@H](c1cn2ncc(CC3CC4(COC4)NC3=O)cc2n1)C1CCC(F)(F)CC1.O=C(O)C(F)(F)F. The van der Waals surface area contributed by atoms with Gasteiger partial charge in [0, 0.05) is 18.8 Å². The van der Waals surface area contributed by atoms with Crippen LogP contribution in [0.4, 0.5) is 22.0 Å². The van der Waals surface area contributed by atoms with Gasteiger partial charge >= 0.3 is 12.1 Å². The van der Waals surface area contributed by atoms with Crippen LogP contribution in [0.3, 0.4) is 0 Å². The van der Waals surface area contributed by atoms with Gasteiger partial charge in [-0.25, -0.2) is 23.1 Å². The molecule has 5 rings (SSSR count). The first-order valence-electron chi connectivity index (χ1n) is 11.4. The molecule has 2 saturated heterocycles. The second-order valence-corrected chi connectivity index (χ2v) is 9.72. The Kier molecular flexibility index (Phi) is 6.94. The molecule has 2 atom stereocenters. The van der Waals surface area contributed by atoms with Crippen LogP contribution in [-0.4, -0.2) is 62.4 Å². The maximum atomic E-state index is 13.4. The molecule has 2 aromatic heterocycles. The number of nitrogens with one attached hydrogen (secondary N) is 1. The summed E-state index contributed by atoms with van der Waals surface area (Å²) in [6, 6.07) is 1.55. The molecule has 9 nitrogen and oxygen atoms in total. The number of fused-ring (bicyclic) bond motifs is 1. The van der Waals surface area contributed by atoms with Crippen molar-refractivity contribution < 1.29 is 41.4 Å². The van der Waals surface area contributed by atoms with Gasteiger partial charge < -0.3 is 20.9 Å². The standard InChI is InChI=1S/C20H25F2N5O2.C2HF3O2/c21-20(22)3-1-13(2-4-20)17(23)15-9-27-16(25-15)6-12(8-24-27)5-14-7-19(10-29-11-19)26-18(14)28;3-2(4,5)1(6)7/h6,8-9,13-14,17H,1-5,7,10-11,23H2,(H,26,28);(H,6,7)/t14?,17-;/m0./s1. The summed E-state index contributed by atoms with van der Waals surface area (Å²) in [4.78, 5) is 25.8. The summed E-state index contributed by atoms with van der Waals surface area (Å²) in [6.07, 6.45) is 0.400. The highest BCUT2D eigenvalue weighted by atomic mass is 19.4. The summed E-state index contributed by atoms with van der Waals surface area (Å²) in [7, 11) is 0. The van der Waals surface area contributed by atoms with Crippen molar-refractivity contribution >= 4 is 17.5 Å². The lowest BCUT2D eigenvalue weighted by atomic mass is 9.81. The largest absolute Gasteiger partial charge is 0.490 e. The predicted molar refractivity (Wildman–Crippen MR) is 114 cm³/mol. The molecule has 198 valence electrons. The van der Waals surface area contributed by atoms with Crippen LogP contribution < -0.4 is 11.1 Å². The second-order valence-electron chi connectivity index (χ2n) is 9.72. The van der Waals surface area contributed by atoms with Crippen LogP contribution in [0.1, 0.15) is 49.4 Å². The normalized spacial score (nSPS) is 24.1. The number of aliphatic carboxylic acids is 1. The van der Waals surface area contributed by atoms with Gasteiger partial charge in [-0.3, -0.25) is 4.79 Å². The van der Waals surface area contributed by atoms with Crippen molar-refractivity contribution in [3.05, 3.63) is 29.7 Å². The summed E-state index contributed by atoms with van der Waals surface area (Å²) in [5.41, 5.74) is 8.45. The number of hydrogen-bond donors (Lipinski definition) is 3. The lowest BCUT2D eigenvalue weighted by molar-refractivity contribution is -0.192. The van der Waals surface area contributed by atoms with Crippen molar-refractivity contribution in [1.82, 2.24) is 19.9 Å². The van der Waals surface area contributed by atoms with E-state index in [1.54, 1.807) is 16.9 Å². The van der Waals surface area contributed by atoms with E-state index in [4.69, 9.17) is 20.4 Å². The Morgan fingerprint density at radius 2 is 1.94 bits per heavy atom. The fourth-order valence-corrected chi connectivity index (χ4v) is 4.84. The number of nitrogens with zero attached hydrogens (tertiary/aromatic N) is 3. The average molecular weight is 519 g/mol. The van der Waals surface area contributed by atoms with Crippen molar-refractivity contribution in [3.8, 4) is 0 Å². The Morgan fingerprint density at radius 1 is 1.31 bits per heavy atom. The van der Waals surface area contributed by atoms with Gasteiger partial charge in [-0.15, -0.1) is 0 Å². The van der Waals surface area contributed by atoms with Crippen molar-refractivity contribution in [2.24, 2.45) is 17.6 Å². The van der Waals surface area contributed by atoms with Crippen LogP contribution in [0.5, 0.6) is 0 Å². The molecule has 0 bridgehead atoms. The minimum absolute atomic E-state index is 0.00192. The van der Waals surface area contributed by atoms with E-state index in [9.17, 15) is 26.7 Å². The molecule has 14 heteroatoms. The van der Waals surface area contributed by atoms with Gasteiger partial charge in [0.2, 0.25) is 11.8 Å². The number of carboxylic acids is 1. The average Bonchev–Trinajstić information content (AvgIpc) is 3.34. The van der Waals surface area contributed by atoms with E-state index >= 15 is 0 Å².